The van der Waals surface area contributed by atoms with Crippen LogP contribution in [0.5, 0.6) is 17.2 Å². The molecule has 1 atom stereocenters. The van der Waals surface area contributed by atoms with Crippen LogP contribution in [0.1, 0.15) is 19.4 Å². The van der Waals surface area contributed by atoms with Crippen molar-refractivity contribution in [3.63, 3.8) is 0 Å². The second-order valence-electron chi connectivity index (χ2n) is 8.45. The second-order valence-corrected chi connectivity index (χ2v) is 10.3. The number of hydrogen-bond acceptors (Lipinski definition) is 7. The third-order valence-electron chi connectivity index (χ3n) is 6.00. The molecule has 2 aromatic carbocycles. The summed E-state index contributed by atoms with van der Waals surface area (Å²) in [5.74, 6) is 1.96. The van der Waals surface area contributed by atoms with Crippen LogP contribution in [0.25, 0.3) is 0 Å². The molecule has 9 nitrogen and oxygen atoms in total. The molecule has 0 aromatic heterocycles. The summed E-state index contributed by atoms with van der Waals surface area (Å²) >= 11 is 0. The summed E-state index contributed by atoms with van der Waals surface area (Å²) in [6, 6.07) is 11.8. The Bertz CT molecular complexity index is 1110. The number of hydrogen-bond donors (Lipinski definition) is 0. The van der Waals surface area contributed by atoms with Gasteiger partial charge >= 0.3 is 0 Å². The lowest BCUT2D eigenvalue weighted by molar-refractivity contribution is -0.133. The number of carbonyl (C=O) groups excluding carboxylic acids is 1. The van der Waals surface area contributed by atoms with E-state index in [1.54, 1.807) is 36.1 Å². The molecule has 0 radical (unpaired) electrons. The Morgan fingerprint density at radius 3 is 2.38 bits per heavy atom. The first kappa shape index (κ1) is 24.2. The third-order valence-corrected chi connectivity index (χ3v) is 7.24. The highest BCUT2D eigenvalue weighted by atomic mass is 32.2. The standard InChI is InChI=1S/C24H31N3O6S/c1-4-31-21-8-6-20(7-9-21)27(34(3,29)30)18(2)24(28)26-13-11-25(12-14-26)16-19-5-10-22-23(15-19)33-17-32-22/h5-10,15,18H,4,11-14,16-17H2,1-3H3/t18-/m0/s1. The lowest BCUT2D eigenvalue weighted by atomic mass is 10.1. The smallest absolute Gasteiger partial charge is 0.246 e. The van der Waals surface area contributed by atoms with Gasteiger partial charge in [-0.2, -0.15) is 0 Å². The van der Waals surface area contributed by atoms with E-state index in [1.807, 2.05) is 25.1 Å². The van der Waals surface area contributed by atoms with Crippen molar-refractivity contribution in [3.05, 3.63) is 48.0 Å². The lowest BCUT2D eigenvalue weighted by Gasteiger charge is -2.38. The van der Waals surface area contributed by atoms with Gasteiger partial charge in [-0.25, -0.2) is 8.42 Å². The number of amides is 1. The SMILES string of the molecule is CCOc1ccc(N([C@@H](C)C(=O)N2CCN(Cc3ccc4c(c3)OCO4)CC2)S(C)(=O)=O)cc1. The monoisotopic (exact) mass is 489 g/mol. The van der Waals surface area contributed by atoms with E-state index >= 15 is 0 Å². The number of rotatable bonds is 8. The van der Waals surface area contributed by atoms with E-state index < -0.39 is 16.1 Å². The quantitative estimate of drug-likeness (QED) is 0.562. The molecular formula is C24H31N3O6S. The second kappa shape index (κ2) is 10.1. The Morgan fingerprint density at radius 2 is 1.74 bits per heavy atom. The summed E-state index contributed by atoms with van der Waals surface area (Å²) in [7, 11) is -3.67. The molecular weight excluding hydrogens is 458 g/mol. The Morgan fingerprint density at radius 1 is 1.06 bits per heavy atom. The van der Waals surface area contributed by atoms with Crippen LogP contribution < -0.4 is 18.5 Å². The van der Waals surface area contributed by atoms with Gasteiger partial charge in [-0.1, -0.05) is 6.07 Å². The summed E-state index contributed by atoms with van der Waals surface area (Å²) in [5, 5.41) is 0. The van der Waals surface area contributed by atoms with Crippen LogP contribution >= 0.6 is 0 Å². The van der Waals surface area contributed by atoms with Crippen LogP contribution in [0, 0.1) is 0 Å². The number of nitrogens with zero attached hydrogens (tertiary/aromatic N) is 3. The van der Waals surface area contributed by atoms with E-state index in [-0.39, 0.29) is 12.7 Å². The molecule has 1 saturated heterocycles. The van der Waals surface area contributed by atoms with Crippen LogP contribution in [0.3, 0.4) is 0 Å². The van der Waals surface area contributed by atoms with Crippen LogP contribution in [0.4, 0.5) is 5.69 Å². The fourth-order valence-corrected chi connectivity index (χ4v) is 5.52. The van der Waals surface area contributed by atoms with Gasteiger partial charge in [-0.05, 0) is 55.8 Å². The molecule has 0 aliphatic carbocycles. The average molecular weight is 490 g/mol. The normalized spacial score (nSPS) is 16.9. The van der Waals surface area contributed by atoms with Crippen molar-refractivity contribution in [2.45, 2.75) is 26.4 Å². The zero-order chi connectivity index (χ0) is 24.3. The van der Waals surface area contributed by atoms with E-state index in [0.717, 1.165) is 29.9 Å². The maximum Gasteiger partial charge on any atom is 0.246 e. The Kier molecular flexibility index (Phi) is 7.18. The zero-order valence-electron chi connectivity index (χ0n) is 19.8. The Hall–Kier alpha value is -2.98. The molecule has 10 heteroatoms. The topological polar surface area (TPSA) is 88.6 Å². The maximum absolute atomic E-state index is 13.3. The minimum atomic E-state index is -3.67. The number of anilines is 1. The van der Waals surface area contributed by atoms with Crippen molar-refractivity contribution in [2.75, 3.05) is 50.1 Å². The molecule has 2 aliphatic rings. The van der Waals surface area contributed by atoms with Gasteiger partial charge < -0.3 is 19.1 Å². The van der Waals surface area contributed by atoms with E-state index in [4.69, 9.17) is 14.2 Å². The Balaban J connectivity index is 1.38. The summed E-state index contributed by atoms with van der Waals surface area (Å²) in [4.78, 5) is 17.3. The highest BCUT2D eigenvalue weighted by Gasteiger charge is 2.33. The number of piperazine rings is 1. The Labute approximate surface area is 200 Å². The van der Waals surface area contributed by atoms with Crippen LogP contribution in [-0.2, 0) is 21.4 Å². The molecule has 4 rings (SSSR count). The van der Waals surface area contributed by atoms with Crippen molar-refractivity contribution < 1.29 is 27.4 Å². The van der Waals surface area contributed by atoms with Gasteiger partial charge in [-0.15, -0.1) is 0 Å². The highest BCUT2D eigenvalue weighted by molar-refractivity contribution is 7.92. The van der Waals surface area contributed by atoms with Crippen molar-refractivity contribution >= 4 is 21.6 Å². The third kappa shape index (κ3) is 5.39. The molecule has 0 spiro atoms. The molecule has 0 saturated carbocycles. The average Bonchev–Trinajstić information content (AvgIpc) is 3.27. The zero-order valence-corrected chi connectivity index (χ0v) is 20.6. The lowest BCUT2D eigenvalue weighted by Crippen LogP contribution is -2.55. The van der Waals surface area contributed by atoms with Crippen LogP contribution in [-0.4, -0.2) is 76.0 Å². The highest BCUT2D eigenvalue weighted by Crippen LogP contribution is 2.33. The van der Waals surface area contributed by atoms with Crippen molar-refractivity contribution in [2.24, 2.45) is 0 Å². The fraction of sp³-hybridized carbons (Fsp3) is 0.458. The molecule has 2 heterocycles. The van der Waals surface area contributed by atoms with Gasteiger partial charge in [0.25, 0.3) is 0 Å². The number of carbonyl (C=O) groups is 1. The van der Waals surface area contributed by atoms with E-state index in [2.05, 4.69) is 4.90 Å². The van der Waals surface area contributed by atoms with Crippen molar-refractivity contribution in [1.29, 1.82) is 0 Å². The summed E-state index contributed by atoms with van der Waals surface area (Å²) < 4.78 is 42.7. The molecule has 1 amide bonds. The molecule has 0 bridgehead atoms. The number of fused-ring (bicyclic) bond motifs is 1. The number of sulfonamides is 1. The first-order valence-corrected chi connectivity index (χ1v) is 13.2. The molecule has 184 valence electrons. The van der Waals surface area contributed by atoms with Crippen molar-refractivity contribution in [3.8, 4) is 17.2 Å². The van der Waals surface area contributed by atoms with Gasteiger partial charge in [0.15, 0.2) is 11.5 Å². The number of ether oxygens (including phenoxy) is 3. The van der Waals surface area contributed by atoms with Gasteiger partial charge in [0.1, 0.15) is 11.8 Å². The summed E-state index contributed by atoms with van der Waals surface area (Å²) in [6.45, 7) is 7.51. The maximum atomic E-state index is 13.3. The van der Waals surface area contributed by atoms with Crippen LogP contribution in [0.2, 0.25) is 0 Å². The van der Waals surface area contributed by atoms with E-state index in [0.29, 0.717) is 44.2 Å². The molecule has 34 heavy (non-hydrogen) atoms. The molecule has 0 unspecified atom stereocenters. The number of benzene rings is 2. The summed E-state index contributed by atoms with van der Waals surface area (Å²) in [5.41, 5.74) is 1.56. The minimum absolute atomic E-state index is 0.206. The molecule has 2 aliphatic heterocycles. The minimum Gasteiger partial charge on any atom is -0.494 e. The molecule has 1 fully saturated rings. The fourth-order valence-electron chi connectivity index (χ4n) is 4.35. The predicted octanol–water partition coefficient (Wildman–Crippen LogP) is 2.31. The first-order valence-electron chi connectivity index (χ1n) is 11.4. The van der Waals surface area contributed by atoms with Gasteiger partial charge in [0, 0.05) is 32.7 Å². The van der Waals surface area contributed by atoms with E-state index in [1.165, 1.54) is 4.31 Å². The van der Waals surface area contributed by atoms with E-state index in [9.17, 15) is 13.2 Å². The molecule has 2 aromatic rings. The van der Waals surface area contributed by atoms with Gasteiger partial charge in [0.2, 0.25) is 22.7 Å². The first-order chi connectivity index (χ1) is 16.3. The summed E-state index contributed by atoms with van der Waals surface area (Å²) in [6.07, 6.45) is 1.12. The largest absolute Gasteiger partial charge is 0.494 e. The van der Waals surface area contributed by atoms with Gasteiger partial charge in [-0.3, -0.25) is 14.0 Å². The van der Waals surface area contributed by atoms with Crippen molar-refractivity contribution in [1.82, 2.24) is 9.80 Å². The predicted molar refractivity (Wildman–Crippen MR) is 129 cm³/mol. The molecule has 0 N–H and O–H groups in total. The van der Waals surface area contributed by atoms with Gasteiger partial charge in [0.05, 0.1) is 18.6 Å². The van der Waals surface area contributed by atoms with Crippen LogP contribution in [0.15, 0.2) is 42.5 Å².